The average Bonchev–Trinajstić information content (AvgIpc) is 2.63. The van der Waals surface area contributed by atoms with Crippen LogP contribution in [0.5, 0.6) is 0 Å². The van der Waals surface area contributed by atoms with E-state index in [0.717, 1.165) is 25.9 Å². The first kappa shape index (κ1) is 19.2. The third-order valence-corrected chi connectivity index (χ3v) is 4.98. The lowest BCUT2D eigenvalue weighted by Gasteiger charge is -2.26. The van der Waals surface area contributed by atoms with Gasteiger partial charge in [-0.2, -0.15) is 0 Å². The highest BCUT2D eigenvalue weighted by Crippen LogP contribution is 2.09. The molecule has 2 rings (SSSR count). The van der Waals surface area contributed by atoms with Crippen molar-refractivity contribution in [2.24, 2.45) is 0 Å². The number of rotatable bonds is 8. The molecule has 6 nitrogen and oxygen atoms in total. The van der Waals surface area contributed by atoms with Gasteiger partial charge in [-0.3, -0.25) is 9.59 Å². The normalized spacial score (nSPS) is 19.8. The van der Waals surface area contributed by atoms with Crippen LogP contribution in [0, 0.1) is 0 Å². The summed E-state index contributed by atoms with van der Waals surface area (Å²) in [7, 11) is 0. The SMILES string of the molecule is O=C(NCCCN1CCCCC1)C(=O)NCCCN1CCCCC1. The van der Waals surface area contributed by atoms with Crippen molar-refractivity contribution in [3.8, 4) is 0 Å². The monoisotopic (exact) mass is 338 g/mol. The van der Waals surface area contributed by atoms with Gasteiger partial charge in [0.05, 0.1) is 0 Å². The second-order valence-electron chi connectivity index (χ2n) is 7.02. The highest BCUT2D eigenvalue weighted by atomic mass is 16.2. The topological polar surface area (TPSA) is 64.7 Å². The molecule has 2 N–H and O–H groups in total. The lowest BCUT2D eigenvalue weighted by molar-refractivity contribution is -0.139. The van der Waals surface area contributed by atoms with Gasteiger partial charge in [-0.15, -0.1) is 0 Å². The zero-order valence-electron chi connectivity index (χ0n) is 15.0. The lowest BCUT2D eigenvalue weighted by atomic mass is 10.1. The standard InChI is InChI=1S/C18H34N4O2/c23-17(19-9-7-15-21-11-3-1-4-12-21)18(24)20-10-8-16-22-13-5-2-6-14-22/h1-16H2,(H,19,23)(H,20,24). The number of hydrogen-bond donors (Lipinski definition) is 2. The van der Waals surface area contributed by atoms with Crippen LogP contribution in [-0.4, -0.2) is 74.0 Å². The van der Waals surface area contributed by atoms with Crippen LogP contribution < -0.4 is 10.6 Å². The van der Waals surface area contributed by atoms with E-state index in [1.165, 1.54) is 64.7 Å². The van der Waals surface area contributed by atoms with Crippen LogP contribution in [-0.2, 0) is 9.59 Å². The van der Waals surface area contributed by atoms with Gasteiger partial charge in [0.15, 0.2) is 0 Å². The summed E-state index contributed by atoms with van der Waals surface area (Å²) in [4.78, 5) is 28.4. The molecule has 0 spiro atoms. The molecular weight excluding hydrogens is 304 g/mol. The van der Waals surface area contributed by atoms with Crippen LogP contribution in [0.1, 0.15) is 51.4 Å². The van der Waals surface area contributed by atoms with E-state index in [4.69, 9.17) is 0 Å². The first-order chi connectivity index (χ1) is 11.8. The average molecular weight is 338 g/mol. The molecule has 0 radical (unpaired) electrons. The van der Waals surface area contributed by atoms with E-state index in [1.807, 2.05) is 0 Å². The fourth-order valence-corrected chi connectivity index (χ4v) is 3.54. The number of hydrogen-bond acceptors (Lipinski definition) is 4. The molecule has 2 amide bonds. The molecule has 6 heteroatoms. The van der Waals surface area contributed by atoms with Gasteiger partial charge in [0.25, 0.3) is 0 Å². The molecular formula is C18H34N4O2. The van der Waals surface area contributed by atoms with Gasteiger partial charge in [0.2, 0.25) is 0 Å². The van der Waals surface area contributed by atoms with Crippen LogP contribution >= 0.6 is 0 Å². The minimum Gasteiger partial charge on any atom is -0.348 e. The van der Waals surface area contributed by atoms with Gasteiger partial charge < -0.3 is 20.4 Å². The van der Waals surface area contributed by atoms with Crippen molar-refractivity contribution in [1.82, 2.24) is 20.4 Å². The van der Waals surface area contributed by atoms with Crippen molar-refractivity contribution in [3.63, 3.8) is 0 Å². The van der Waals surface area contributed by atoms with Crippen molar-refractivity contribution in [3.05, 3.63) is 0 Å². The summed E-state index contributed by atoms with van der Waals surface area (Å²) >= 11 is 0. The Morgan fingerprint density at radius 3 is 1.38 bits per heavy atom. The summed E-state index contributed by atoms with van der Waals surface area (Å²) in [6, 6.07) is 0. The molecule has 0 aromatic heterocycles. The Hall–Kier alpha value is -1.14. The van der Waals surface area contributed by atoms with Crippen LogP contribution in [0.4, 0.5) is 0 Å². The molecule has 2 saturated heterocycles. The molecule has 0 aromatic carbocycles. The fourth-order valence-electron chi connectivity index (χ4n) is 3.54. The number of carbonyl (C=O) groups is 2. The molecule has 138 valence electrons. The number of piperidine rings is 2. The Bertz CT molecular complexity index is 341. The van der Waals surface area contributed by atoms with Gasteiger partial charge in [0, 0.05) is 13.1 Å². The van der Waals surface area contributed by atoms with E-state index in [2.05, 4.69) is 20.4 Å². The maximum absolute atomic E-state index is 11.7. The highest BCUT2D eigenvalue weighted by Gasteiger charge is 2.14. The van der Waals surface area contributed by atoms with Crippen LogP contribution in [0.3, 0.4) is 0 Å². The van der Waals surface area contributed by atoms with Gasteiger partial charge in [-0.05, 0) is 77.8 Å². The molecule has 2 aliphatic rings. The minimum atomic E-state index is -0.494. The molecule has 0 aromatic rings. The number of nitrogens with zero attached hydrogens (tertiary/aromatic N) is 2. The zero-order valence-corrected chi connectivity index (χ0v) is 15.0. The van der Waals surface area contributed by atoms with Crippen molar-refractivity contribution in [2.75, 3.05) is 52.4 Å². The van der Waals surface area contributed by atoms with Crippen molar-refractivity contribution < 1.29 is 9.59 Å². The van der Waals surface area contributed by atoms with Crippen molar-refractivity contribution in [2.45, 2.75) is 51.4 Å². The summed E-state index contributed by atoms with van der Waals surface area (Å²) < 4.78 is 0. The van der Waals surface area contributed by atoms with E-state index >= 15 is 0 Å². The lowest BCUT2D eigenvalue weighted by Crippen LogP contribution is -2.42. The Morgan fingerprint density at radius 1 is 0.625 bits per heavy atom. The first-order valence-electron chi connectivity index (χ1n) is 9.76. The predicted molar refractivity (Wildman–Crippen MR) is 95.8 cm³/mol. The molecule has 0 aliphatic carbocycles. The molecule has 0 bridgehead atoms. The highest BCUT2D eigenvalue weighted by molar-refractivity contribution is 6.35. The van der Waals surface area contributed by atoms with E-state index in [1.54, 1.807) is 0 Å². The molecule has 2 aliphatic heterocycles. The number of amides is 2. The Kier molecular flexibility index (Phi) is 9.13. The van der Waals surface area contributed by atoms with Crippen molar-refractivity contribution >= 4 is 11.8 Å². The Labute approximate surface area is 146 Å². The Morgan fingerprint density at radius 2 is 1.00 bits per heavy atom. The smallest absolute Gasteiger partial charge is 0.309 e. The van der Waals surface area contributed by atoms with E-state index in [9.17, 15) is 9.59 Å². The van der Waals surface area contributed by atoms with Gasteiger partial charge >= 0.3 is 11.8 Å². The molecule has 2 fully saturated rings. The maximum atomic E-state index is 11.7. The quantitative estimate of drug-likeness (QED) is 0.511. The molecule has 0 atom stereocenters. The minimum absolute atomic E-state index is 0.494. The Balaban J connectivity index is 1.45. The summed E-state index contributed by atoms with van der Waals surface area (Å²) in [5.74, 6) is -0.988. The second kappa shape index (κ2) is 11.4. The molecule has 0 unspecified atom stereocenters. The first-order valence-corrected chi connectivity index (χ1v) is 9.76. The summed E-state index contributed by atoms with van der Waals surface area (Å²) in [5, 5.41) is 5.45. The number of likely N-dealkylation sites (tertiary alicyclic amines) is 2. The number of carbonyl (C=O) groups excluding carboxylic acids is 2. The van der Waals surface area contributed by atoms with Crippen LogP contribution in [0.25, 0.3) is 0 Å². The summed E-state index contributed by atoms with van der Waals surface area (Å²) in [5.41, 5.74) is 0. The third-order valence-electron chi connectivity index (χ3n) is 4.98. The largest absolute Gasteiger partial charge is 0.348 e. The van der Waals surface area contributed by atoms with Crippen LogP contribution in [0.2, 0.25) is 0 Å². The van der Waals surface area contributed by atoms with Gasteiger partial charge in [-0.25, -0.2) is 0 Å². The molecule has 2 heterocycles. The van der Waals surface area contributed by atoms with Gasteiger partial charge in [-0.1, -0.05) is 12.8 Å². The van der Waals surface area contributed by atoms with Crippen LogP contribution in [0.15, 0.2) is 0 Å². The van der Waals surface area contributed by atoms with E-state index in [0.29, 0.717) is 13.1 Å². The summed E-state index contributed by atoms with van der Waals surface area (Å²) in [6.45, 7) is 7.87. The molecule has 0 saturated carbocycles. The summed E-state index contributed by atoms with van der Waals surface area (Å²) in [6.07, 6.45) is 9.63. The molecule has 24 heavy (non-hydrogen) atoms. The third kappa shape index (κ3) is 7.62. The zero-order chi connectivity index (χ0) is 17.0. The second-order valence-corrected chi connectivity index (χ2v) is 7.02. The van der Waals surface area contributed by atoms with Gasteiger partial charge in [0.1, 0.15) is 0 Å². The van der Waals surface area contributed by atoms with Crippen molar-refractivity contribution in [1.29, 1.82) is 0 Å². The number of nitrogens with one attached hydrogen (secondary N) is 2. The fraction of sp³-hybridized carbons (Fsp3) is 0.889. The van der Waals surface area contributed by atoms with E-state index in [-0.39, 0.29) is 0 Å². The van der Waals surface area contributed by atoms with E-state index < -0.39 is 11.8 Å². The predicted octanol–water partition coefficient (Wildman–Crippen LogP) is 0.971. The maximum Gasteiger partial charge on any atom is 0.309 e.